The van der Waals surface area contributed by atoms with Crippen molar-refractivity contribution < 1.29 is 28.2 Å². The zero-order valence-corrected chi connectivity index (χ0v) is 34.2. The molecule has 0 spiro atoms. The lowest BCUT2D eigenvalue weighted by atomic mass is 9.77. The minimum absolute atomic E-state index is 0.0271. The van der Waals surface area contributed by atoms with E-state index in [9.17, 15) is 14.7 Å². The van der Waals surface area contributed by atoms with Gasteiger partial charge in [0.05, 0.1) is 12.2 Å². The van der Waals surface area contributed by atoms with Crippen molar-refractivity contribution in [3.05, 3.63) is 201 Å². The molecular formula is C48H44N6O7. The number of rotatable bonds is 15. The van der Waals surface area contributed by atoms with E-state index in [1.165, 1.54) is 0 Å². The summed E-state index contributed by atoms with van der Waals surface area (Å²) in [5, 5.41) is 25.0. The number of aliphatic hydroxyl groups is 1. The second-order valence-electron chi connectivity index (χ2n) is 15.0. The van der Waals surface area contributed by atoms with Gasteiger partial charge in [-0.2, -0.15) is 0 Å². The van der Waals surface area contributed by atoms with Crippen LogP contribution in [0.4, 0.5) is 0 Å². The van der Waals surface area contributed by atoms with Gasteiger partial charge in [-0.25, -0.2) is 19.3 Å². The molecule has 0 atom stereocenters. The maximum absolute atomic E-state index is 13.8. The Labute approximate surface area is 351 Å². The molecule has 0 saturated carbocycles. The number of hydrogen-bond acceptors (Lipinski definition) is 11. The fraction of sp³-hybridized carbons (Fsp3) is 0.208. The van der Waals surface area contributed by atoms with Crippen LogP contribution >= 0.6 is 0 Å². The van der Waals surface area contributed by atoms with Crippen LogP contribution in [0.5, 0.6) is 0 Å². The summed E-state index contributed by atoms with van der Waals surface area (Å²) in [5.41, 5.74) is 3.95. The highest BCUT2D eigenvalue weighted by Crippen LogP contribution is 2.43. The third-order valence-electron chi connectivity index (χ3n) is 10.6. The topological polar surface area (TPSA) is 161 Å². The van der Waals surface area contributed by atoms with Gasteiger partial charge in [-0.15, -0.1) is 5.10 Å². The predicted octanol–water partition coefficient (Wildman–Crippen LogP) is 8.07. The molecule has 1 N–H and O–H groups in total. The number of nitrogens with zero attached hydrogens (tertiary/aromatic N) is 6. The van der Waals surface area contributed by atoms with Crippen LogP contribution in [0.3, 0.4) is 0 Å². The highest BCUT2D eigenvalue weighted by atomic mass is 16.6. The van der Waals surface area contributed by atoms with Gasteiger partial charge in [0.25, 0.3) is 0 Å². The Bertz CT molecular complexity index is 2710. The Morgan fingerprint density at radius 2 is 1.33 bits per heavy atom. The molecule has 0 saturated heterocycles. The first-order valence-electron chi connectivity index (χ1n) is 19.9. The molecule has 0 amide bonds. The van der Waals surface area contributed by atoms with E-state index in [0.29, 0.717) is 18.3 Å². The maximum Gasteiger partial charge on any atom is 0.519 e. The molecule has 0 aliphatic carbocycles. The molecule has 61 heavy (non-hydrogen) atoms. The molecule has 13 heteroatoms. The van der Waals surface area contributed by atoms with Crippen molar-refractivity contribution in [2.75, 3.05) is 6.61 Å². The van der Waals surface area contributed by atoms with Crippen molar-refractivity contribution >= 4 is 5.97 Å². The molecule has 8 rings (SSSR count). The summed E-state index contributed by atoms with van der Waals surface area (Å²) in [7, 11) is 0. The SMILES string of the molecule is CCOCc1nc(C(=O)OCc2ccc(-c3ccccc3-c3nnnn3C(c3ccccc3)(c3ccccc3)c3ccccc3)cc2)c(C(C)(C)O)n1Cc1oc(=O)oc1C. The largest absolute Gasteiger partial charge is 0.519 e. The molecule has 0 aliphatic heterocycles. The average molecular weight is 817 g/mol. The number of imidazole rings is 1. The first-order valence-corrected chi connectivity index (χ1v) is 19.9. The Kier molecular flexibility index (Phi) is 11.4. The average Bonchev–Trinajstić information content (AvgIpc) is 4.00. The van der Waals surface area contributed by atoms with Crippen molar-refractivity contribution in [3.63, 3.8) is 0 Å². The van der Waals surface area contributed by atoms with E-state index < -0.39 is 22.9 Å². The molecule has 0 bridgehead atoms. The van der Waals surface area contributed by atoms with Crippen LogP contribution in [0.1, 0.15) is 76.6 Å². The number of hydrogen-bond donors (Lipinski definition) is 1. The third kappa shape index (κ3) is 7.96. The van der Waals surface area contributed by atoms with E-state index in [1.54, 1.807) is 25.3 Å². The van der Waals surface area contributed by atoms with E-state index >= 15 is 0 Å². The van der Waals surface area contributed by atoms with Crippen LogP contribution in [-0.4, -0.2) is 47.4 Å². The zero-order chi connectivity index (χ0) is 42.6. The van der Waals surface area contributed by atoms with Gasteiger partial charge in [0.15, 0.2) is 17.3 Å². The van der Waals surface area contributed by atoms with Gasteiger partial charge < -0.3 is 28.0 Å². The van der Waals surface area contributed by atoms with Gasteiger partial charge in [0.2, 0.25) is 0 Å². The molecule has 0 fully saturated rings. The number of benzene rings is 5. The van der Waals surface area contributed by atoms with E-state index in [1.807, 2.05) is 115 Å². The molecule has 13 nitrogen and oxygen atoms in total. The van der Waals surface area contributed by atoms with Crippen LogP contribution < -0.4 is 5.82 Å². The monoisotopic (exact) mass is 816 g/mol. The molecule has 0 aliphatic rings. The standard InChI is InChI=1S/C48H44N6O7/c1-5-58-31-41-49-42(43(47(3,4)57)53(41)29-40-32(2)60-46(56)61-40)45(55)59-30-33-25-27-34(28-26-33)38-23-15-16-24-39(38)44-50-51-52-54(44)48(35-17-9-6-10-18-35,36-19-11-7-12-20-36)37-21-13-8-14-22-37/h6-28,57H,5,29-31H2,1-4H3. The summed E-state index contributed by atoms with van der Waals surface area (Å²) < 4.78 is 25.3. The van der Waals surface area contributed by atoms with E-state index in [-0.39, 0.29) is 42.7 Å². The van der Waals surface area contributed by atoms with Crippen molar-refractivity contribution in [1.29, 1.82) is 0 Å². The van der Waals surface area contributed by atoms with Crippen molar-refractivity contribution in [2.45, 2.75) is 58.6 Å². The summed E-state index contributed by atoms with van der Waals surface area (Å²) in [6.45, 7) is 6.84. The van der Waals surface area contributed by atoms with Crippen LogP contribution in [0, 0.1) is 6.92 Å². The molecule has 0 unspecified atom stereocenters. The van der Waals surface area contributed by atoms with Gasteiger partial charge in [-0.05, 0) is 71.5 Å². The van der Waals surface area contributed by atoms with E-state index in [2.05, 4.69) is 51.7 Å². The lowest BCUT2D eigenvalue weighted by molar-refractivity contribution is 0.0421. The molecular weight excluding hydrogens is 773 g/mol. The molecule has 0 radical (unpaired) electrons. The Hall–Kier alpha value is -7.22. The van der Waals surface area contributed by atoms with Crippen molar-refractivity contribution in [1.82, 2.24) is 29.8 Å². The lowest BCUT2D eigenvalue weighted by Gasteiger charge is -2.36. The van der Waals surface area contributed by atoms with E-state index in [0.717, 1.165) is 38.9 Å². The lowest BCUT2D eigenvalue weighted by Crippen LogP contribution is -2.39. The number of tetrazole rings is 1. The van der Waals surface area contributed by atoms with Gasteiger partial charge >= 0.3 is 11.8 Å². The summed E-state index contributed by atoms with van der Waals surface area (Å²) in [5.74, 6) is -0.172. The highest BCUT2D eigenvalue weighted by Gasteiger charge is 2.42. The van der Waals surface area contributed by atoms with Crippen LogP contribution in [-0.2, 0) is 40.4 Å². The normalized spacial score (nSPS) is 11.8. The summed E-state index contributed by atoms with van der Waals surface area (Å²) >= 11 is 0. The summed E-state index contributed by atoms with van der Waals surface area (Å²) in [4.78, 5) is 30.2. The fourth-order valence-electron chi connectivity index (χ4n) is 7.81. The molecule has 308 valence electrons. The van der Waals surface area contributed by atoms with Crippen molar-refractivity contribution in [2.24, 2.45) is 0 Å². The Morgan fingerprint density at radius 3 is 1.87 bits per heavy atom. The van der Waals surface area contributed by atoms with Gasteiger partial charge in [0, 0.05) is 12.2 Å². The Balaban J connectivity index is 1.11. The number of aryl methyl sites for hydroxylation is 1. The molecule has 3 heterocycles. The molecule has 5 aromatic carbocycles. The predicted molar refractivity (Wildman–Crippen MR) is 226 cm³/mol. The number of ether oxygens (including phenoxy) is 2. The second-order valence-corrected chi connectivity index (χ2v) is 15.0. The van der Waals surface area contributed by atoms with Gasteiger partial charge in [-0.1, -0.05) is 140 Å². The van der Waals surface area contributed by atoms with Gasteiger partial charge in [0.1, 0.15) is 35.9 Å². The van der Waals surface area contributed by atoms with Crippen molar-refractivity contribution in [3.8, 4) is 22.5 Å². The zero-order valence-electron chi connectivity index (χ0n) is 34.2. The smallest absolute Gasteiger partial charge is 0.456 e. The third-order valence-corrected chi connectivity index (χ3v) is 10.6. The minimum atomic E-state index is -1.54. The summed E-state index contributed by atoms with van der Waals surface area (Å²) in [6, 6.07) is 46.4. The maximum atomic E-state index is 13.8. The number of aromatic nitrogens is 6. The molecule has 3 aromatic heterocycles. The fourth-order valence-corrected chi connectivity index (χ4v) is 7.81. The van der Waals surface area contributed by atoms with Gasteiger partial charge in [-0.3, -0.25) is 0 Å². The van der Waals surface area contributed by atoms with Crippen LogP contribution in [0.25, 0.3) is 22.5 Å². The second kappa shape index (κ2) is 17.2. The first kappa shape index (κ1) is 40.6. The highest BCUT2D eigenvalue weighted by molar-refractivity contribution is 5.89. The molecule has 8 aromatic rings. The summed E-state index contributed by atoms with van der Waals surface area (Å²) in [6.07, 6.45) is 0. The minimum Gasteiger partial charge on any atom is -0.456 e. The van der Waals surface area contributed by atoms with E-state index in [4.69, 9.17) is 23.5 Å². The Morgan fingerprint density at radius 1 is 0.754 bits per heavy atom. The number of carbonyl (C=O) groups excluding carboxylic acids is 1. The van der Waals surface area contributed by atoms with Crippen LogP contribution in [0.2, 0.25) is 0 Å². The first-order chi connectivity index (χ1) is 29.6. The number of esters is 1. The number of carbonyl (C=O) groups is 1. The van der Waals surface area contributed by atoms with Crippen LogP contribution in [0.15, 0.2) is 153 Å². The quantitative estimate of drug-likeness (QED) is 0.0787.